The molecular formula is C73H68BN3OS. The van der Waals surface area contributed by atoms with E-state index in [0.29, 0.717) is 0 Å². The molecule has 0 saturated heterocycles. The van der Waals surface area contributed by atoms with E-state index in [1.54, 1.807) is 0 Å². The Morgan fingerprint density at radius 2 is 1.19 bits per heavy atom. The predicted octanol–water partition coefficient (Wildman–Crippen LogP) is 19.3. The summed E-state index contributed by atoms with van der Waals surface area (Å²) in [5, 5.41) is 3.53. The molecule has 0 bridgehead atoms. The second-order valence-electron chi connectivity index (χ2n) is 26.1. The maximum absolute atomic E-state index is 6.75. The van der Waals surface area contributed by atoms with Gasteiger partial charge in [0.15, 0.2) is 0 Å². The largest absolute Gasteiger partial charge is 0.456 e. The average molecular weight is 1050 g/mol. The van der Waals surface area contributed by atoms with Gasteiger partial charge in [-0.05, 0) is 171 Å². The predicted molar refractivity (Wildman–Crippen MR) is 341 cm³/mol. The van der Waals surface area contributed by atoms with E-state index in [1.165, 1.54) is 93.9 Å². The molecule has 6 heteroatoms. The molecule has 79 heavy (non-hydrogen) atoms. The maximum atomic E-state index is 6.75. The van der Waals surface area contributed by atoms with E-state index in [1.807, 2.05) is 11.3 Å². The number of thiophene rings is 1. The lowest BCUT2D eigenvalue weighted by atomic mass is 9.36. The summed E-state index contributed by atoms with van der Waals surface area (Å²) in [6.07, 6.45) is 2.33. The smallest absolute Gasteiger partial charge is 0.264 e. The molecular weight excluding hydrogens is 978 g/mol. The second kappa shape index (κ2) is 17.6. The van der Waals surface area contributed by atoms with Gasteiger partial charge in [-0.25, -0.2) is 0 Å². The van der Waals surface area contributed by atoms with Crippen molar-refractivity contribution in [2.75, 3.05) is 14.7 Å². The molecule has 1 aliphatic carbocycles. The minimum Gasteiger partial charge on any atom is -0.456 e. The van der Waals surface area contributed by atoms with E-state index in [-0.39, 0.29) is 28.4 Å². The monoisotopic (exact) mass is 1050 g/mol. The van der Waals surface area contributed by atoms with Crippen LogP contribution in [0.2, 0.25) is 0 Å². The molecule has 2 aliphatic heterocycles. The Hall–Kier alpha value is -7.80. The van der Waals surface area contributed by atoms with Gasteiger partial charge in [0.05, 0.1) is 22.4 Å². The molecule has 0 radical (unpaired) electrons. The third-order valence-electron chi connectivity index (χ3n) is 17.9. The van der Waals surface area contributed by atoms with Crippen molar-refractivity contribution < 1.29 is 4.42 Å². The van der Waals surface area contributed by atoms with E-state index < -0.39 is 0 Å². The quantitative estimate of drug-likeness (QED) is 0.155. The first-order valence-corrected chi connectivity index (χ1v) is 29.2. The Labute approximate surface area is 471 Å². The number of rotatable bonds is 6. The SMILES string of the molecule is Cc1cc2c3c(c1)N(c1cccc4oc5ccccc5c14)c1cc(N(c4ccc(C(C)(C)C)cc4)c4ccccc4-c4ccccc4)ccc1B3c1sc3ccc(C(C)(C)C)cc3c1N2c1ccc2c(c1)C(C)(C)CCC2(C)C. The lowest BCUT2D eigenvalue weighted by molar-refractivity contribution is 0.332. The number of para-hydroxylation sites is 2. The average Bonchev–Trinajstić information content (AvgIpc) is 3.20. The molecule has 3 aliphatic rings. The number of fused-ring (bicyclic) bond motifs is 10. The molecule has 0 amide bonds. The Morgan fingerprint density at radius 3 is 1.95 bits per heavy atom. The topological polar surface area (TPSA) is 22.9 Å². The molecule has 2 aromatic heterocycles. The molecule has 0 fully saturated rings. The Kier molecular flexibility index (Phi) is 11.0. The molecule has 9 aromatic carbocycles. The molecule has 390 valence electrons. The number of nitrogens with zero attached hydrogens (tertiary/aromatic N) is 3. The summed E-state index contributed by atoms with van der Waals surface area (Å²) in [4.78, 5) is 7.76. The fraction of sp³-hybridized carbons (Fsp3) is 0.233. The van der Waals surface area contributed by atoms with Crippen molar-refractivity contribution in [1.29, 1.82) is 0 Å². The standard InChI is InChI=1S/C73H68BN3OS/c1-45-40-61-67-62(41-45)77(59-25-19-27-64-66(59)53-23-16-18-26-63(53)78-64)60-44-51(75(49-31-28-47(29-32-49)70(2,3)4)58-24-17-15-22-52(58)46-20-13-12-14-21-46)34-36-57(60)74(67)69-68(54-42-48(71(5,6)7)30-37-65(54)79-69)76(61)50-33-35-55-56(43-50)73(10,11)39-38-72(55,8)9/h12-37,40-44H,38-39H2,1-11H3. The van der Waals surface area contributed by atoms with Crippen LogP contribution >= 0.6 is 11.3 Å². The van der Waals surface area contributed by atoms with E-state index in [4.69, 9.17) is 4.42 Å². The van der Waals surface area contributed by atoms with Crippen LogP contribution in [0.25, 0.3) is 43.2 Å². The molecule has 4 heterocycles. The van der Waals surface area contributed by atoms with Gasteiger partial charge in [-0.3, -0.25) is 0 Å². The highest BCUT2D eigenvalue weighted by atomic mass is 32.1. The summed E-state index contributed by atoms with van der Waals surface area (Å²) in [5.74, 6) is 0. The third kappa shape index (κ3) is 7.83. The van der Waals surface area contributed by atoms with Crippen molar-refractivity contribution in [3.05, 3.63) is 216 Å². The highest BCUT2D eigenvalue weighted by Crippen LogP contribution is 2.54. The van der Waals surface area contributed by atoms with Crippen LogP contribution in [0.5, 0.6) is 0 Å². The summed E-state index contributed by atoms with van der Waals surface area (Å²) in [5.41, 5.74) is 24.1. The van der Waals surface area contributed by atoms with Gasteiger partial charge in [0, 0.05) is 59.9 Å². The minimum atomic E-state index is -0.0583. The summed E-state index contributed by atoms with van der Waals surface area (Å²) < 4.78 is 9.44. The fourth-order valence-electron chi connectivity index (χ4n) is 13.5. The number of furan rings is 1. The van der Waals surface area contributed by atoms with Crippen LogP contribution in [0.15, 0.2) is 192 Å². The molecule has 0 unspecified atom stereocenters. The van der Waals surface area contributed by atoms with E-state index >= 15 is 0 Å². The number of anilines is 9. The Morgan fingerprint density at radius 1 is 0.532 bits per heavy atom. The number of aryl methyl sites for hydroxylation is 1. The van der Waals surface area contributed by atoms with Gasteiger partial charge in [-0.15, -0.1) is 11.3 Å². The van der Waals surface area contributed by atoms with Gasteiger partial charge >= 0.3 is 0 Å². The minimum absolute atomic E-state index is 0.00300. The first-order chi connectivity index (χ1) is 37.8. The lowest BCUT2D eigenvalue weighted by Gasteiger charge is -2.45. The summed E-state index contributed by atoms with van der Waals surface area (Å²) in [6, 6.07) is 71.3. The van der Waals surface area contributed by atoms with Crippen molar-refractivity contribution >= 4 is 117 Å². The second-order valence-corrected chi connectivity index (χ2v) is 27.2. The van der Waals surface area contributed by atoms with Crippen molar-refractivity contribution in [3.8, 4) is 11.1 Å². The first kappa shape index (κ1) is 49.5. The van der Waals surface area contributed by atoms with Crippen LogP contribution < -0.4 is 30.4 Å². The summed E-state index contributed by atoms with van der Waals surface area (Å²) in [6.45, 7) is 25.9. The van der Waals surface area contributed by atoms with Gasteiger partial charge < -0.3 is 19.1 Å². The lowest BCUT2D eigenvalue weighted by Crippen LogP contribution is -2.60. The van der Waals surface area contributed by atoms with E-state index in [0.717, 1.165) is 56.8 Å². The fourth-order valence-corrected chi connectivity index (χ4v) is 14.8. The van der Waals surface area contributed by atoms with Gasteiger partial charge in [-0.2, -0.15) is 0 Å². The van der Waals surface area contributed by atoms with Crippen LogP contribution in [-0.4, -0.2) is 6.71 Å². The van der Waals surface area contributed by atoms with Gasteiger partial charge in [0.1, 0.15) is 11.2 Å². The zero-order chi connectivity index (χ0) is 54.5. The summed E-state index contributed by atoms with van der Waals surface area (Å²) in [7, 11) is 0. The van der Waals surface area contributed by atoms with Crippen molar-refractivity contribution in [3.63, 3.8) is 0 Å². The molecule has 0 spiro atoms. The zero-order valence-corrected chi connectivity index (χ0v) is 48.4. The van der Waals surface area contributed by atoms with Crippen molar-refractivity contribution in [2.45, 2.75) is 111 Å². The molecule has 4 nitrogen and oxygen atoms in total. The van der Waals surface area contributed by atoms with Gasteiger partial charge in [0.2, 0.25) is 0 Å². The van der Waals surface area contributed by atoms with E-state index in [9.17, 15) is 0 Å². The van der Waals surface area contributed by atoms with Crippen LogP contribution in [0, 0.1) is 6.92 Å². The number of hydrogen-bond acceptors (Lipinski definition) is 5. The molecule has 0 saturated carbocycles. The highest BCUT2D eigenvalue weighted by molar-refractivity contribution is 7.33. The van der Waals surface area contributed by atoms with Gasteiger partial charge in [0.25, 0.3) is 6.71 Å². The van der Waals surface area contributed by atoms with Crippen LogP contribution in [0.3, 0.4) is 0 Å². The molecule has 0 atom stereocenters. The summed E-state index contributed by atoms with van der Waals surface area (Å²) >= 11 is 1.98. The zero-order valence-electron chi connectivity index (χ0n) is 47.5. The van der Waals surface area contributed by atoms with Crippen molar-refractivity contribution in [1.82, 2.24) is 0 Å². The first-order valence-electron chi connectivity index (χ1n) is 28.4. The molecule has 14 rings (SSSR count). The maximum Gasteiger partial charge on any atom is 0.264 e. The van der Waals surface area contributed by atoms with Crippen LogP contribution in [0.4, 0.5) is 51.2 Å². The van der Waals surface area contributed by atoms with Gasteiger partial charge in [-0.1, -0.05) is 172 Å². The Bertz CT molecular complexity index is 4260. The normalized spacial score (nSPS) is 15.3. The third-order valence-corrected chi connectivity index (χ3v) is 19.1. The number of benzene rings is 9. The molecule has 11 aromatic rings. The van der Waals surface area contributed by atoms with E-state index in [2.05, 4.69) is 279 Å². The van der Waals surface area contributed by atoms with Crippen LogP contribution in [-0.2, 0) is 21.7 Å². The Balaban J connectivity index is 1.08. The molecule has 0 N–H and O–H groups in total. The van der Waals surface area contributed by atoms with Crippen molar-refractivity contribution in [2.24, 2.45) is 0 Å². The highest BCUT2D eigenvalue weighted by Gasteiger charge is 2.47. The number of hydrogen-bond donors (Lipinski definition) is 0. The van der Waals surface area contributed by atoms with Crippen LogP contribution in [0.1, 0.15) is 110 Å².